The zero-order valence-corrected chi connectivity index (χ0v) is 7.80. The molecule has 1 aliphatic heterocycles. The van der Waals surface area contributed by atoms with E-state index in [9.17, 15) is 4.79 Å². The Kier molecular flexibility index (Phi) is 1.84. The lowest BCUT2D eigenvalue weighted by atomic mass is 10.1. The van der Waals surface area contributed by atoms with E-state index in [0.717, 1.165) is 10.2 Å². The first-order chi connectivity index (χ1) is 5.75. The average molecular weight is 228 g/mol. The fraction of sp³-hybridized carbons (Fsp3) is 0.250. The topological polar surface area (TPSA) is 39.2 Å². The first kappa shape index (κ1) is 7.73. The molecule has 0 atom stereocenters. The number of nitrogens with zero attached hydrogens (tertiary/aromatic N) is 1. The largest absolute Gasteiger partial charge is 0.484 e. The number of fused-ring (bicyclic) bond motifs is 1. The van der Waals surface area contributed by atoms with Gasteiger partial charge in [0.15, 0.2) is 5.78 Å². The number of aromatic nitrogens is 1. The average Bonchev–Trinajstić information content (AvgIpc) is 2.05. The second-order valence-corrected chi connectivity index (χ2v) is 3.52. The molecule has 62 valence electrons. The third kappa shape index (κ3) is 1.34. The van der Waals surface area contributed by atoms with Gasteiger partial charge in [-0.25, -0.2) is 0 Å². The van der Waals surface area contributed by atoms with Gasteiger partial charge >= 0.3 is 0 Å². The van der Waals surface area contributed by atoms with Crippen LogP contribution in [0.5, 0.6) is 5.75 Å². The first-order valence-corrected chi connectivity index (χ1v) is 4.34. The number of halogens is 1. The molecule has 0 aromatic carbocycles. The molecule has 1 aromatic rings. The highest BCUT2D eigenvalue weighted by Gasteiger charge is 2.17. The van der Waals surface area contributed by atoms with Crippen molar-refractivity contribution >= 4 is 21.7 Å². The maximum absolute atomic E-state index is 10.9. The summed E-state index contributed by atoms with van der Waals surface area (Å²) in [5, 5.41) is 0. The molecular weight excluding hydrogens is 222 g/mol. The summed E-state index contributed by atoms with van der Waals surface area (Å²) in [5.41, 5.74) is 0.731. The summed E-state index contributed by atoms with van der Waals surface area (Å²) in [7, 11) is 0. The van der Waals surface area contributed by atoms with E-state index >= 15 is 0 Å². The van der Waals surface area contributed by atoms with Crippen LogP contribution in [0.15, 0.2) is 16.7 Å². The quantitative estimate of drug-likeness (QED) is 0.672. The van der Waals surface area contributed by atoms with Gasteiger partial charge in [0.05, 0.1) is 12.1 Å². The molecular formula is C8H6BrNO2. The van der Waals surface area contributed by atoms with E-state index < -0.39 is 0 Å². The molecule has 0 saturated carbocycles. The third-order valence-corrected chi connectivity index (χ3v) is 2.08. The van der Waals surface area contributed by atoms with E-state index in [1.807, 2.05) is 6.07 Å². The molecule has 1 aliphatic rings. The standard InChI is InChI=1S/C8H6BrNO2/c9-5-1-8-7(10-3-5)2-6(11)4-12-8/h1,3H,2,4H2. The van der Waals surface area contributed by atoms with Crippen molar-refractivity contribution in [1.82, 2.24) is 4.98 Å². The van der Waals surface area contributed by atoms with Crippen LogP contribution in [-0.4, -0.2) is 17.4 Å². The number of ether oxygens (including phenoxy) is 1. The molecule has 2 rings (SSSR count). The van der Waals surface area contributed by atoms with Gasteiger partial charge in [0.2, 0.25) is 0 Å². The van der Waals surface area contributed by atoms with Crippen LogP contribution in [0.3, 0.4) is 0 Å². The second-order valence-electron chi connectivity index (χ2n) is 2.60. The summed E-state index contributed by atoms with van der Waals surface area (Å²) in [6.07, 6.45) is 2.06. The normalized spacial score (nSPS) is 15.2. The minimum Gasteiger partial charge on any atom is -0.484 e. The zero-order valence-electron chi connectivity index (χ0n) is 6.21. The van der Waals surface area contributed by atoms with Crippen LogP contribution in [0.1, 0.15) is 5.69 Å². The molecule has 0 fully saturated rings. The lowest BCUT2D eigenvalue weighted by molar-refractivity contribution is -0.121. The van der Waals surface area contributed by atoms with Gasteiger partial charge in [0, 0.05) is 10.7 Å². The van der Waals surface area contributed by atoms with Crippen molar-refractivity contribution in [2.75, 3.05) is 6.61 Å². The second kappa shape index (κ2) is 2.86. The smallest absolute Gasteiger partial charge is 0.176 e. The van der Waals surface area contributed by atoms with Crippen molar-refractivity contribution in [3.8, 4) is 5.75 Å². The van der Waals surface area contributed by atoms with Crippen LogP contribution in [0.4, 0.5) is 0 Å². The zero-order chi connectivity index (χ0) is 8.55. The number of pyridine rings is 1. The molecule has 0 amide bonds. The number of hydrogen-bond acceptors (Lipinski definition) is 3. The number of carbonyl (C=O) groups is 1. The summed E-state index contributed by atoms with van der Waals surface area (Å²) in [5.74, 6) is 0.793. The SMILES string of the molecule is O=C1COc2cc(Br)cnc2C1. The molecule has 0 N–H and O–H groups in total. The lowest BCUT2D eigenvalue weighted by Crippen LogP contribution is -2.21. The van der Waals surface area contributed by atoms with Gasteiger partial charge in [-0.1, -0.05) is 0 Å². The molecule has 4 heteroatoms. The molecule has 2 heterocycles. The minimum absolute atomic E-state index is 0.0809. The molecule has 0 saturated heterocycles. The van der Waals surface area contributed by atoms with Gasteiger partial charge in [-0.05, 0) is 22.0 Å². The van der Waals surface area contributed by atoms with Gasteiger partial charge in [0.25, 0.3) is 0 Å². The van der Waals surface area contributed by atoms with Crippen molar-refractivity contribution in [1.29, 1.82) is 0 Å². The maximum atomic E-state index is 10.9. The summed E-state index contributed by atoms with van der Waals surface area (Å²) in [6, 6.07) is 1.83. The summed E-state index contributed by atoms with van der Waals surface area (Å²) in [4.78, 5) is 15.0. The summed E-state index contributed by atoms with van der Waals surface area (Å²) < 4.78 is 6.05. The monoisotopic (exact) mass is 227 g/mol. The van der Waals surface area contributed by atoms with Crippen LogP contribution >= 0.6 is 15.9 Å². The fourth-order valence-corrected chi connectivity index (χ4v) is 1.41. The highest BCUT2D eigenvalue weighted by atomic mass is 79.9. The molecule has 0 spiro atoms. The Bertz CT molecular complexity index is 338. The van der Waals surface area contributed by atoms with Crippen molar-refractivity contribution in [3.63, 3.8) is 0 Å². The molecule has 1 aromatic heterocycles. The van der Waals surface area contributed by atoms with Crippen molar-refractivity contribution in [2.45, 2.75) is 6.42 Å². The molecule has 3 nitrogen and oxygen atoms in total. The summed E-state index contributed by atoms with van der Waals surface area (Å²) >= 11 is 3.28. The van der Waals surface area contributed by atoms with Crippen LogP contribution in [-0.2, 0) is 11.2 Å². The fourth-order valence-electron chi connectivity index (χ4n) is 1.10. The van der Waals surface area contributed by atoms with Crippen LogP contribution in [0.2, 0.25) is 0 Å². The van der Waals surface area contributed by atoms with Gasteiger partial charge in [-0.2, -0.15) is 0 Å². The van der Waals surface area contributed by atoms with E-state index in [0.29, 0.717) is 12.2 Å². The van der Waals surface area contributed by atoms with Gasteiger partial charge in [0.1, 0.15) is 12.4 Å². The predicted molar refractivity (Wildman–Crippen MR) is 46.1 cm³/mol. The predicted octanol–water partition coefficient (Wildman–Crippen LogP) is 1.35. The molecule has 0 bridgehead atoms. The molecule has 0 aliphatic carbocycles. The van der Waals surface area contributed by atoms with E-state index in [-0.39, 0.29) is 12.4 Å². The Morgan fingerprint density at radius 2 is 2.42 bits per heavy atom. The van der Waals surface area contributed by atoms with E-state index in [1.165, 1.54) is 0 Å². The van der Waals surface area contributed by atoms with Gasteiger partial charge < -0.3 is 4.74 Å². The van der Waals surface area contributed by atoms with Gasteiger partial charge in [-0.3, -0.25) is 9.78 Å². The maximum Gasteiger partial charge on any atom is 0.176 e. The number of Topliss-reactive ketones (excluding diaryl/α,β-unsaturated/α-hetero) is 1. The Labute approximate surface area is 77.9 Å². The molecule has 12 heavy (non-hydrogen) atoms. The number of ketones is 1. The number of carbonyl (C=O) groups excluding carboxylic acids is 1. The third-order valence-electron chi connectivity index (χ3n) is 1.65. The molecule has 0 radical (unpaired) electrons. The molecule has 0 unspecified atom stereocenters. The Balaban J connectivity index is 2.43. The first-order valence-electron chi connectivity index (χ1n) is 3.54. The lowest BCUT2D eigenvalue weighted by Gasteiger charge is -2.14. The van der Waals surface area contributed by atoms with E-state index in [4.69, 9.17) is 4.74 Å². The van der Waals surface area contributed by atoms with Crippen molar-refractivity contribution < 1.29 is 9.53 Å². The summed E-state index contributed by atoms with van der Waals surface area (Å²) in [6.45, 7) is 0.172. The highest BCUT2D eigenvalue weighted by Crippen LogP contribution is 2.24. The Morgan fingerprint density at radius 1 is 1.58 bits per heavy atom. The van der Waals surface area contributed by atoms with Crippen molar-refractivity contribution in [2.24, 2.45) is 0 Å². The van der Waals surface area contributed by atoms with Crippen LogP contribution in [0, 0.1) is 0 Å². The van der Waals surface area contributed by atoms with E-state index in [1.54, 1.807) is 6.20 Å². The highest BCUT2D eigenvalue weighted by molar-refractivity contribution is 9.10. The Hall–Kier alpha value is -0.900. The Morgan fingerprint density at radius 3 is 3.25 bits per heavy atom. The van der Waals surface area contributed by atoms with Gasteiger partial charge in [-0.15, -0.1) is 0 Å². The van der Waals surface area contributed by atoms with Crippen LogP contribution < -0.4 is 4.74 Å². The van der Waals surface area contributed by atoms with Crippen molar-refractivity contribution in [3.05, 3.63) is 22.4 Å². The minimum atomic E-state index is 0.0809. The van der Waals surface area contributed by atoms with Crippen LogP contribution in [0.25, 0.3) is 0 Å². The number of hydrogen-bond donors (Lipinski definition) is 0. The number of rotatable bonds is 0. The van der Waals surface area contributed by atoms with E-state index in [2.05, 4.69) is 20.9 Å².